The van der Waals surface area contributed by atoms with E-state index in [9.17, 15) is 9.59 Å². The third-order valence-corrected chi connectivity index (χ3v) is 6.23. The van der Waals surface area contributed by atoms with Crippen LogP contribution in [0.4, 0.5) is 11.4 Å². The van der Waals surface area contributed by atoms with Gasteiger partial charge in [-0.1, -0.05) is 26.0 Å². The highest BCUT2D eigenvalue weighted by atomic mass is 79.9. The predicted molar refractivity (Wildman–Crippen MR) is 121 cm³/mol. The number of benzene rings is 2. The molecule has 0 spiro atoms. The Hall–Kier alpha value is -2.34. The van der Waals surface area contributed by atoms with Crippen LogP contribution in [-0.2, 0) is 4.79 Å². The summed E-state index contributed by atoms with van der Waals surface area (Å²) < 4.78 is 0.773. The summed E-state index contributed by atoms with van der Waals surface area (Å²) in [7, 11) is 0. The van der Waals surface area contributed by atoms with Gasteiger partial charge in [0.15, 0.2) is 0 Å². The first-order valence-electron chi connectivity index (χ1n) is 10.2. The average Bonchev–Trinajstić information content (AvgIpc) is 2.75. The van der Waals surface area contributed by atoms with Crippen LogP contribution in [0.5, 0.6) is 0 Å². The molecule has 5 nitrogen and oxygen atoms in total. The van der Waals surface area contributed by atoms with E-state index in [2.05, 4.69) is 40.0 Å². The van der Waals surface area contributed by atoms with Crippen LogP contribution < -0.4 is 10.2 Å². The molecule has 1 fully saturated rings. The van der Waals surface area contributed by atoms with Gasteiger partial charge in [-0.25, -0.2) is 0 Å². The third kappa shape index (κ3) is 5.18. The van der Waals surface area contributed by atoms with Crippen LogP contribution in [0.3, 0.4) is 0 Å². The Morgan fingerprint density at radius 3 is 2.17 bits per heavy atom. The number of nitrogens with zero attached hydrogens (tertiary/aromatic N) is 2. The molecule has 1 saturated heterocycles. The fourth-order valence-electron chi connectivity index (χ4n) is 3.68. The number of rotatable bonds is 6. The summed E-state index contributed by atoms with van der Waals surface area (Å²) in [5.74, 6) is 0.299. The van der Waals surface area contributed by atoms with E-state index in [-0.39, 0.29) is 11.8 Å². The molecule has 1 N–H and O–H groups in total. The number of anilines is 2. The normalized spacial score (nSPS) is 14.2. The molecule has 1 aliphatic rings. The van der Waals surface area contributed by atoms with Crippen molar-refractivity contribution in [2.45, 2.75) is 26.7 Å². The summed E-state index contributed by atoms with van der Waals surface area (Å²) in [5, 5.41) is 2.94. The first-order valence-corrected chi connectivity index (χ1v) is 11.0. The van der Waals surface area contributed by atoms with Crippen molar-refractivity contribution in [2.75, 3.05) is 36.4 Å². The number of carbonyl (C=O) groups is 2. The van der Waals surface area contributed by atoms with E-state index < -0.39 is 0 Å². The van der Waals surface area contributed by atoms with E-state index in [0.717, 1.165) is 54.9 Å². The van der Waals surface area contributed by atoms with Crippen molar-refractivity contribution in [3.63, 3.8) is 0 Å². The standard InChI is InChI=1S/C23H28BrN3O2/c1-3-17(4-2)23(29)27-15-13-26(14-16-27)19-11-9-18(10-12-19)25-22(28)20-7-5-6-8-21(20)24/h5-12,17H,3-4,13-16H2,1-2H3,(H,25,28). The molecule has 1 heterocycles. The van der Waals surface area contributed by atoms with Gasteiger partial charge in [0, 0.05) is 47.9 Å². The second-order valence-electron chi connectivity index (χ2n) is 7.31. The molecule has 2 aromatic rings. The zero-order valence-electron chi connectivity index (χ0n) is 17.0. The molecule has 0 saturated carbocycles. The van der Waals surface area contributed by atoms with Gasteiger partial charge in [0.05, 0.1) is 5.56 Å². The summed E-state index contributed by atoms with van der Waals surface area (Å²) in [6.45, 7) is 7.34. The fourth-order valence-corrected chi connectivity index (χ4v) is 4.15. The minimum Gasteiger partial charge on any atom is -0.368 e. The number of carbonyl (C=O) groups excluding carboxylic acids is 2. The molecule has 0 aliphatic carbocycles. The Morgan fingerprint density at radius 1 is 0.966 bits per heavy atom. The van der Waals surface area contributed by atoms with Crippen LogP contribution in [0.1, 0.15) is 37.0 Å². The molecule has 154 valence electrons. The SMILES string of the molecule is CCC(CC)C(=O)N1CCN(c2ccc(NC(=O)c3ccccc3Br)cc2)CC1. The minimum absolute atomic E-state index is 0.140. The van der Waals surface area contributed by atoms with Crippen molar-refractivity contribution < 1.29 is 9.59 Å². The topological polar surface area (TPSA) is 52.7 Å². The molecule has 2 aromatic carbocycles. The van der Waals surface area contributed by atoms with Gasteiger partial charge in [-0.05, 0) is 65.2 Å². The zero-order valence-corrected chi connectivity index (χ0v) is 18.6. The maximum atomic E-state index is 12.6. The van der Waals surface area contributed by atoms with Gasteiger partial charge in [-0.3, -0.25) is 9.59 Å². The van der Waals surface area contributed by atoms with Gasteiger partial charge in [0.2, 0.25) is 5.91 Å². The number of amides is 2. The van der Waals surface area contributed by atoms with Crippen LogP contribution in [0.25, 0.3) is 0 Å². The quantitative estimate of drug-likeness (QED) is 0.678. The molecule has 6 heteroatoms. The lowest BCUT2D eigenvalue weighted by atomic mass is 10.0. The summed E-state index contributed by atoms with van der Waals surface area (Å²) >= 11 is 3.41. The second-order valence-corrected chi connectivity index (χ2v) is 8.16. The maximum Gasteiger partial charge on any atom is 0.256 e. The number of halogens is 1. The third-order valence-electron chi connectivity index (χ3n) is 5.53. The van der Waals surface area contributed by atoms with Crippen molar-refractivity contribution in [3.05, 3.63) is 58.6 Å². The van der Waals surface area contributed by atoms with Crippen molar-refractivity contribution in [3.8, 4) is 0 Å². The highest BCUT2D eigenvalue weighted by Crippen LogP contribution is 2.22. The molecule has 0 radical (unpaired) electrons. The summed E-state index contributed by atoms with van der Waals surface area (Å²) in [5.41, 5.74) is 2.48. The van der Waals surface area contributed by atoms with Gasteiger partial charge in [-0.15, -0.1) is 0 Å². The number of hydrogen-bond donors (Lipinski definition) is 1. The first-order chi connectivity index (χ1) is 14.0. The van der Waals surface area contributed by atoms with Crippen LogP contribution in [0.2, 0.25) is 0 Å². The molecular weight excluding hydrogens is 430 g/mol. The first kappa shape index (κ1) is 21.4. The van der Waals surface area contributed by atoms with Crippen molar-refractivity contribution >= 4 is 39.1 Å². The second kappa shape index (κ2) is 9.92. The fraction of sp³-hybridized carbons (Fsp3) is 0.391. The Bertz CT molecular complexity index is 841. The van der Waals surface area contributed by atoms with E-state index in [0.29, 0.717) is 11.5 Å². The summed E-state index contributed by atoms with van der Waals surface area (Å²) in [4.78, 5) is 29.3. The Kier molecular flexibility index (Phi) is 7.31. The molecular formula is C23H28BrN3O2. The summed E-state index contributed by atoms with van der Waals surface area (Å²) in [6, 6.07) is 15.3. The van der Waals surface area contributed by atoms with E-state index in [1.54, 1.807) is 6.07 Å². The van der Waals surface area contributed by atoms with Crippen molar-refractivity contribution in [2.24, 2.45) is 5.92 Å². The molecule has 0 aromatic heterocycles. The van der Waals surface area contributed by atoms with Crippen LogP contribution in [0, 0.1) is 5.92 Å². The maximum absolute atomic E-state index is 12.6. The smallest absolute Gasteiger partial charge is 0.256 e. The van der Waals surface area contributed by atoms with Gasteiger partial charge in [0.25, 0.3) is 5.91 Å². The predicted octanol–water partition coefficient (Wildman–Crippen LogP) is 4.79. The Labute approximate surface area is 181 Å². The van der Waals surface area contributed by atoms with Crippen LogP contribution in [0.15, 0.2) is 53.0 Å². The number of hydrogen-bond acceptors (Lipinski definition) is 3. The van der Waals surface area contributed by atoms with E-state index >= 15 is 0 Å². The molecule has 0 bridgehead atoms. The molecule has 0 unspecified atom stereocenters. The molecule has 3 rings (SSSR count). The van der Waals surface area contributed by atoms with Gasteiger partial charge >= 0.3 is 0 Å². The number of piperazine rings is 1. The number of nitrogens with one attached hydrogen (secondary N) is 1. The van der Waals surface area contributed by atoms with Gasteiger partial charge in [0.1, 0.15) is 0 Å². The lowest BCUT2D eigenvalue weighted by molar-refractivity contribution is -0.136. The van der Waals surface area contributed by atoms with Crippen LogP contribution in [-0.4, -0.2) is 42.9 Å². The molecule has 29 heavy (non-hydrogen) atoms. The van der Waals surface area contributed by atoms with E-state index in [1.165, 1.54) is 0 Å². The molecule has 2 amide bonds. The van der Waals surface area contributed by atoms with E-state index in [4.69, 9.17) is 0 Å². The summed E-state index contributed by atoms with van der Waals surface area (Å²) in [6.07, 6.45) is 1.81. The lowest BCUT2D eigenvalue weighted by Gasteiger charge is -2.37. The highest BCUT2D eigenvalue weighted by Gasteiger charge is 2.25. The largest absolute Gasteiger partial charge is 0.368 e. The Morgan fingerprint density at radius 2 is 1.59 bits per heavy atom. The minimum atomic E-state index is -0.140. The lowest BCUT2D eigenvalue weighted by Crippen LogP contribution is -2.50. The van der Waals surface area contributed by atoms with Crippen LogP contribution >= 0.6 is 15.9 Å². The van der Waals surface area contributed by atoms with E-state index in [1.807, 2.05) is 47.4 Å². The molecule has 1 aliphatic heterocycles. The monoisotopic (exact) mass is 457 g/mol. The highest BCUT2D eigenvalue weighted by molar-refractivity contribution is 9.10. The average molecular weight is 458 g/mol. The van der Waals surface area contributed by atoms with Gasteiger partial charge < -0.3 is 15.1 Å². The zero-order chi connectivity index (χ0) is 20.8. The van der Waals surface area contributed by atoms with Crippen molar-refractivity contribution in [1.29, 1.82) is 0 Å². The van der Waals surface area contributed by atoms with Gasteiger partial charge in [-0.2, -0.15) is 0 Å². The van der Waals surface area contributed by atoms with Crippen molar-refractivity contribution in [1.82, 2.24) is 4.90 Å². The molecule has 0 atom stereocenters. The Balaban J connectivity index is 1.57.